The Morgan fingerprint density at radius 2 is 2.12 bits per heavy atom. The van der Waals surface area contributed by atoms with Crippen LogP contribution in [0.3, 0.4) is 0 Å². The number of nitrogens with one attached hydrogen (secondary N) is 1. The molecule has 0 saturated carbocycles. The summed E-state index contributed by atoms with van der Waals surface area (Å²) in [5.41, 5.74) is 1.13. The van der Waals surface area contributed by atoms with E-state index in [2.05, 4.69) is 5.32 Å². The molecule has 1 N–H and O–H groups in total. The normalized spacial score (nSPS) is 19.9. The molecule has 1 unspecified atom stereocenters. The van der Waals surface area contributed by atoms with Crippen LogP contribution in [0.15, 0.2) is 30.3 Å². The van der Waals surface area contributed by atoms with Gasteiger partial charge < -0.3 is 10.1 Å². The van der Waals surface area contributed by atoms with E-state index in [-0.39, 0.29) is 12.0 Å². The first-order chi connectivity index (χ1) is 8.34. The minimum Gasteiger partial charge on any atom is -0.378 e. The highest BCUT2D eigenvalue weighted by molar-refractivity contribution is 5.76. The minimum absolute atomic E-state index is 0.0840. The third-order valence-electron chi connectivity index (χ3n) is 3.02. The molecule has 0 aliphatic carbocycles. The number of hydrogen-bond donors (Lipinski definition) is 1. The third kappa shape index (κ3) is 4.19. The standard InChI is InChI=1S/C14H19NO2/c16-14(10-13-8-4-5-9-17-13)15-11-12-6-2-1-3-7-12/h1-3,6-7,13H,4-5,8-11H2,(H,15,16). The van der Waals surface area contributed by atoms with Crippen molar-refractivity contribution in [1.82, 2.24) is 5.32 Å². The lowest BCUT2D eigenvalue weighted by atomic mass is 10.1. The Kier molecular flexibility index (Phi) is 4.56. The molecular formula is C14H19NO2. The SMILES string of the molecule is O=C(CC1CCCCO1)NCc1ccccc1. The molecule has 1 aromatic carbocycles. The van der Waals surface area contributed by atoms with Crippen molar-refractivity contribution in [3.8, 4) is 0 Å². The smallest absolute Gasteiger partial charge is 0.222 e. The summed E-state index contributed by atoms with van der Waals surface area (Å²) in [5, 5.41) is 2.93. The highest BCUT2D eigenvalue weighted by atomic mass is 16.5. The van der Waals surface area contributed by atoms with E-state index >= 15 is 0 Å². The van der Waals surface area contributed by atoms with Crippen LogP contribution in [-0.2, 0) is 16.1 Å². The lowest BCUT2D eigenvalue weighted by Gasteiger charge is -2.21. The van der Waals surface area contributed by atoms with E-state index < -0.39 is 0 Å². The van der Waals surface area contributed by atoms with Gasteiger partial charge in [0.15, 0.2) is 0 Å². The Labute approximate surface area is 102 Å². The summed E-state index contributed by atoms with van der Waals surface area (Å²) >= 11 is 0. The number of carbonyl (C=O) groups is 1. The molecule has 1 aromatic rings. The summed E-state index contributed by atoms with van der Waals surface area (Å²) in [6.45, 7) is 1.41. The van der Waals surface area contributed by atoms with Gasteiger partial charge in [-0.1, -0.05) is 30.3 Å². The first-order valence-corrected chi connectivity index (χ1v) is 6.27. The molecule has 1 aliphatic heterocycles. The highest BCUT2D eigenvalue weighted by Gasteiger charge is 2.17. The Morgan fingerprint density at radius 3 is 2.82 bits per heavy atom. The summed E-state index contributed by atoms with van der Waals surface area (Å²) in [6.07, 6.45) is 3.93. The molecule has 0 radical (unpaired) electrons. The van der Waals surface area contributed by atoms with Crippen molar-refractivity contribution in [1.29, 1.82) is 0 Å². The molecule has 1 amide bonds. The van der Waals surface area contributed by atoms with Crippen molar-refractivity contribution in [2.45, 2.75) is 38.3 Å². The monoisotopic (exact) mass is 233 g/mol. The van der Waals surface area contributed by atoms with Crippen LogP contribution in [0.4, 0.5) is 0 Å². The van der Waals surface area contributed by atoms with Crippen LogP contribution >= 0.6 is 0 Å². The van der Waals surface area contributed by atoms with E-state index in [1.165, 1.54) is 6.42 Å². The Hall–Kier alpha value is -1.35. The molecule has 1 fully saturated rings. The van der Waals surface area contributed by atoms with Crippen LogP contribution in [0.1, 0.15) is 31.2 Å². The molecule has 2 rings (SSSR count). The molecule has 1 atom stereocenters. The van der Waals surface area contributed by atoms with Crippen LogP contribution in [0.25, 0.3) is 0 Å². The molecule has 1 saturated heterocycles. The molecule has 3 heteroatoms. The number of hydrogen-bond acceptors (Lipinski definition) is 2. The summed E-state index contributed by atoms with van der Waals surface area (Å²) in [7, 11) is 0. The zero-order valence-corrected chi connectivity index (χ0v) is 10.0. The second kappa shape index (κ2) is 6.40. The summed E-state index contributed by atoms with van der Waals surface area (Å²) in [4.78, 5) is 11.7. The molecular weight excluding hydrogens is 214 g/mol. The first-order valence-electron chi connectivity index (χ1n) is 6.27. The fourth-order valence-electron chi connectivity index (χ4n) is 2.04. The van der Waals surface area contributed by atoms with Crippen LogP contribution in [0.2, 0.25) is 0 Å². The Balaban J connectivity index is 1.70. The van der Waals surface area contributed by atoms with Gasteiger partial charge in [-0.15, -0.1) is 0 Å². The summed E-state index contributed by atoms with van der Waals surface area (Å²) in [6, 6.07) is 9.95. The summed E-state index contributed by atoms with van der Waals surface area (Å²) in [5.74, 6) is 0.0840. The summed E-state index contributed by atoms with van der Waals surface area (Å²) < 4.78 is 5.54. The molecule has 3 nitrogen and oxygen atoms in total. The van der Waals surface area contributed by atoms with Gasteiger partial charge >= 0.3 is 0 Å². The lowest BCUT2D eigenvalue weighted by molar-refractivity contribution is -0.125. The van der Waals surface area contributed by atoms with Gasteiger partial charge in [-0.25, -0.2) is 0 Å². The molecule has 92 valence electrons. The fraction of sp³-hybridized carbons (Fsp3) is 0.500. The van der Waals surface area contributed by atoms with Crippen LogP contribution in [-0.4, -0.2) is 18.6 Å². The van der Waals surface area contributed by atoms with Crippen molar-refractivity contribution in [3.63, 3.8) is 0 Å². The first kappa shape index (κ1) is 12.1. The minimum atomic E-state index is 0.0840. The van der Waals surface area contributed by atoms with Gasteiger partial charge in [-0.2, -0.15) is 0 Å². The number of amides is 1. The topological polar surface area (TPSA) is 38.3 Å². The fourth-order valence-corrected chi connectivity index (χ4v) is 2.04. The molecule has 1 aliphatic rings. The number of rotatable bonds is 4. The van der Waals surface area contributed by atoms with Crippen molar-refractivity contribution < 1.29 is 9.53 Å². The van der Waals surface area contributed by atoms with Crippen LogP contribution < -0.4 is 5.32 Å². The molecule has 0 spiro atoms. The average molecular weight is 233 g/mol. The Bertz CT molecular complexity index is 344. The largest absolute Gasteiger partial charge is 0.378 e. The van der Waals surface area contributed by atoms with E-state index in [1.807, 2.05) is 30.3 Å². The van der Waals surface area contributed by atoms with Crippen molar-refractivity contribution in [2.24, 2.45) is 0 Å². The zero-order chi connectivity index (χ0) is 11.9. The molecule has 0 aromatic heterocycles. The molecule has 0 bridgehead atoms. The quantitative estimate of drug-likeness (QED) is 0.866. The van der Waals surface area contributed by atoms with Crippen LogP contribution in [0, 0.1) is 0 Å². The maximum atomic E-state index is 11.7. The molecule has 17 heavy (non-hydrogen) atoms. The predicted octanol–water partition coefficient (Wildman–Crippen LogP) is 2.26. The highest BCUT2D eigenvalue weighted by Crippen LogP contribution is 2.15. The predicted molar refractivity (Wildman–Crippen MR) is 66.5 cm³/mol. The second-order valence-corrected chi connectivity index (χ2v) is 4.46. The van der Waals surface area contributed by atoms with E-state index in [0.29, 0.717) is 13.0 Å². The number of carbonyl (C=O) groups excluding carboxylic acids is 1. The molecule has 1 heterocycles. The zero-order valence-electron chi connectivity index (χ0n) is 10.0. The van der Waals surface area contributed by atoms with Gasteiger partial charge in [0, 0.05) is 13.2 Å². The number of benzene rings is 1. The van der Waals surface area contributed by atoms with Gasteiger partial charge in [-0.05, 0) is 24.8 Å². The van der Waals surface area contributed by atoms with Gasteiger partial charge in [-0.3, -0.25) is 4.79 Å². The maximum Gasteiger partial charge on any atom is 0.222 e. The second-order valence-electron chi connectivity index (χ2n) is 4.46. The van der Waals surface area contributed by atoms with Gasteiger partial charge in [0.2, 0.25) is 5.91 Å². The van der Waals surface area contributed by atoms with Gasteiger partial charge in [0.25, 0.3) is 0 Å². The Morgan fingerprint density at radius 1 is 1.29 bits per heavy atom. The van der Waals surface area contributed by atoms with Crippen molar-refractivity contribution in [3.05, 3.63) is 35.9 Å². The van der Waals surface area contributed by atoms with Gasteiger partial charge in [0.05, 0.1) is 12.5 Å². The van der Waals surface area contributed by atoms with E-state index in [1.54, 1.807) is 0 Å². The van der Waals surface area contributed by atoms with E-state index in [9.17, 15) is 4.79 Å². The van der Waals surface area contributed by atoms with Gasteiger partial charge in [0.1, 0.15) is 0 Å². The maximum absolute atomic E-state index is 11.7. The van der Waals surface area contributed by atoms with E-state index in [4.69, 9.17) is 4.74 Å². The van der Waals surface area contributed by atoms with Crippen molar-refractivity contribution in [2.75, 3.05) is 6.61 Å². The third-order valence-corrected chi connectivity index (χ3v) is 3.02. The van der Waals surface area contributed by atoms with Crippen molar-refractivity contribution >= 4 is 5.91 Å². The van der Waals surface area contributed by atoms with Crippen LogP contribution in [0.5, 0.6) is 0 Å². The lowest BCUT2D eigenvalue weighted by Crippen LogP contribution is -2.30. The van der Waals surface area contributed by atoms with E-state index in [0.717, 1.165) is 25.0 Å². The number of ether oxygens (including phenoxy) is 1. The average Bonchev–Trinajstić information content (AvgIpc) is 2.39.